The lowest BCUT2D eigenvalue weighted by Gasteiger charge is -2.10. The van der Waals surface area contributed by atoms with Gasteiger partial charge in [-0.15, -0.1) is 0 Å². The van der Waals surface area contributed by atoms with E-state index in [0.29, 0.717) is 17.6 Å². The Morgan fingerprint density at radius 1 is 0.935 bits per heavy atom. The molecule has 4 nitrogen and oxygen atoms in total. The van der Waals surface area contributed by atoms with Crippen LogP contribution in [0.5, 0.6) is 0 Å². The monoisotopic (exact) mass is 422 g/mol. The van der Waals surface area contributed by atoms with E-state index >= 15 is 0 Å². The van der Waals surface area contributed by atoms with Gasteiger partial charge in [-0.25, -0.2) is 4.79 Å². The molecule has 0 N–H and O–H groups in total. The molecule has 1 atom stereocenters. The van der Waals surface area contributed by atoms with Crippen LogP contribution in [0, 0.1) is 0 Å². The first-order valence-corrected chi connectivity index (χ1v) is 11.0. The number of cyclic esters (lactones) is 1. The van der Waals surface area contributed by atoms with Crippen molar-refractivity contribution in [2.45, 2.75) is 79.2 Å². The number of allylic oxidation sites excluding steroid dienone is 9. The van der Waals surface area contributed by atoms with E-state index < -0.39 is 0 Å². The molecule has 4 heteroatoms. The summed E-state index contributed by atoms with van der Waals surface area (Å²) >= 11 is 0. The van der Waals surface area contributed by atoms with Crippen molar-refractivity contribution in [1.29, 1.82) is 0 Å². The van der Waals surface area contributed by atoms with Gasteiger partial charge in [0.25, 0.3) is 0 Å². The van der Waals surface area contributed by atoms with Gasteiger partial charge in [0.1, 0.15) is 6.10 Å². The second-order valence-corrected chi connectivity index (χ2v) is 8.73. The third-order valence-electron chi connectivity index (χ3n) is 5.42. The Balaban J connectivity index is 1.79. The van der Waals surface area contributed by atoms with Gasteiger partial charge >= 0.3 is 5.97 Å². The van der Waals surface area contributed by atoms with Crippen molar-refractivity contribution in [3.63, 3.8) is 0 Å². The van der Waals surface area contributed by atoms with Gasteiger partial charge < -0.3 is 4.74 Å². The van der Waals surface area contributed by atoms with Crippen LogP contribution in [0.15, 0.2) is 69.9 Å². The fourth-order valence-corrected chi connectivity index (χ4v) is 3.64. The third kappa shape index (κ3) is 8.12. The van der Waals surface area contributed by atoms with E-state index in [-0.39, 0.29) is 23.6 Å². The summed E-state index contributed by atoms with van der Waals surface area (Å²) in [6.45, 7) is 9.90. The number of Topliss-reactive ketones (excluding diaryl/α,β-unsaturated/α-hetero) is 1. The maximum absolute atomic E-state index is 12.1. The third-order valence-corrected chi connectivity index (χ3v) is 5.42. The molecule has 1 aliphatic heterocycles. The lowest BCUT2D eigenvalue weighted by molar-refractivity contribution is -0.139. The Morgan fingerprint density at radius 2 is 1.68 bits per heavy atom. The van der Waals surface area contributed by atoms with E-state index in [1.807, 2.05) is 19.1 Å². The highest BCUT2D eigenvalue weighted by atomic mass is 16.5. The molecular weight excluding hydrogens is 388 g/mol. The van der Waals surface area contributed by atoms with E-state index in [1.165, 1.54) is 28.9 Å². The molecule has 0 aromatic rings. The molecule has 0 spiro atoms. The quantitative estimate of drug-likeness (QED) is 0.244. The van der Waals surface area contributed by atoms with Crippen molar-refractivity contribution < 1.29 is 19.1 Å². The summed E-state index contributed by atoms with van der Waals surface area (Å²) in [5, 5.41) is 0. The number of esters is 1. The molecule has 1 aliphatic carbocycles. The van der Waals surface area contributed by atoms with Crippen LogP contribution in [-0.4, -0.2) is 23.6 Å². The molecule has 2 rings (SSSR count). The minimum Gasteiger partial charge on any atom is -0.454 e. The minimum absolute atomic E-state index is 0.0428. The van der Waals surface area contributed by atoms with Gasteiger partial charge in [0.15, 0.2) is 11.6 Å². The van der Waals surface area contributed by atoms with Crippen molar-refractivity contribution in [3.8, 4) is 0 Å². The number of carbonyl (C=O) groups is 3. The van der Waals surface area contributed by atoms with Crippen molar-refractivity contribution in [1.82, 2.24) is 0 Å². The highest BCUT2D eigenvalue weighted by Gasteiger charge is 2.24. The molecular formula is C27H34O4. The second kappa shape index (κ2) is 11.6. The van der Waals surface area contributed by atoms with Crippen LogP contribution in [0.25, 0.3) is 0 Å². The summed E-state index contributed by atoms with van der Waals surface area (Å²) in [6, 6.07) is 0. The van der Waals surface area contributed by atoms with Crippen molar-refractivity contribution in [3.05, 3.63) is 69.9 Å². The summed E-state index contributed by atoms with van der Waals surface area (Å²) in [7, 11) is 0. The Morgan fingerprint density at radius 3 is 2.39 bits per heavy atom. The highest BCUT2D eigenvalue weighted by molar-refractivity contribution is 6.20. The van der Waals surface area contributed by atoms with Crippen molar-refractivity contribution >= 4 is 17.5 Å². The average Bonchev–Trinajstić information content (AvgIpc) is 3.02. The zero-order valence-electron chi connectivity index (χ0n) is 19.4. The normalized spacial score (nSPS) is 19.7. The molecule has 1 heterocycles. The molecule has 2 aliphatic rings. The molecule has 31 heavy (non-hydrogen) atoms. The van der Waals surface area contributed by atoms with Gasteiger partial charge in [0, 0.05) is 23.1 Å². The van der Waals surface area contributed by atoms with Crippen LogP contribution in [-0.2, 0) is 19.1 Å². The highest BCUT2D eigenvalue weighted by Crippen LogP contribution is 2.24. The molecule has 1 unspecified atom stereocenters. The van der Waals surface area contributed by atoms with Crippen LogP contribution in [0.2, 0.25) is 0 Å². The summed E-state index contributed by atoms with van der Waals surface area (Å²) in [6.07, 6.45) is 15.5. The fourth-order valence-electron chi connectivity index (χ4n) is 3.64. The van der Waals surface area contributed by atoms with Crippen LogP contribution in [0.4, 0.5) is 0 Å². The Hall–Kier alpha value is -2.75. The number of hydrogen-bond donors (Lipinski definition) is 0. The van der Waals surface area contributed by atoms with E-state index in [0.717, 1.165) is 37.7 Å². The van der Waals surface area contributed by atoms with E-state index in [1.54, 1.807) is 6.92 Å². The molecule has 166 valence electrons. The molecule has 0 saturated carbocycles. The SMILES string of the molecule is CC(C)=CCCC1=CC(CC(C)=CCCC(C)=CCC2=CC(=O)C=C(C)C2=O)OC1=O. The lowest BCUT2D eigenvalue weighted by Crippen LogP contribution is -2.12. The van der Waals surface area contributed by atoms with Crippen molar-refractivity contribution in [2.24, 2.45) is 0 Å². The number of rotatable bonds is 10. The molecule has 0 aromatic heterocycles. The average molecular weight is 423 g/mol. The number of hydrogen-bond acceptors (Lipinski definition) is 4. The van der Waals surface area contributed by atoms with Gasteiger partial charge in [-0.1, -0.05) is 34.9 Å². The van der Waals surface area contributed by atoms with Crippen LogP contribution >= 0.6 is 0 Å². The van der Waals surface area contributed by atoms with E-state index in [4.69, 9.17) is 4.74 Å². The number of ether oxygens (including phenoxy) is 1. The predicted molar refractivity (Wildman–Crippen MR) is 124 cm³/mol. The maximum Gasteiger partial charge on any atom is 0.334 e. The van der Waals surface area contributed by atoms with Gasteiger partial charge in [-0.2, -0.15) is 0 Å². The predicted octanol–water partition coefficient (Wildman–Crippen LogP) is 6.06. The first kappa shape index (κ1) is 24.5. The molecule has 0 bridgehead atoms. The number of carbonyl (C=O) groups excluding carboxylic acids is 3. The van der Waals surface area contributed by atoms with Gasteiger partial charge in [-0.05, 0) is 85.0 Å². The first-order chi connectivity index (χ1) is 14.7. The zero-order chi connectivity index (χ0) is 23.0. The topological polar surface area (TPSA) is 60.4 Å². The largest absolute Gasteiger partial charge is 0.454 e. The summed E-state index contributed by atoms with van der Waals surface area (Å²) < 4.78 is 5.49. The summed E-state index contributed by atoms with van der Waals surface area (Å²) in [5.74, 6) is -0.342. The van der Waals surface area contributed by atoms with Gasteiger partial charge in [-0.3, -0.25) is 9.59 Å². The van der Waals surface area contributed by atoms with Crippen LogP contribution in [0.1, 0.15) is 73.1 Å². The Bertz CT molecular complexity index is 915. The standard InChI is InChI=1S/C27H34O4/c1-18(2)8-6-11-23-17-25(31-27(23)30)14-20(4)10-7-9-19(3)12-13-22-16-24(28)15-21(5)26(22)29/h8,10,12,15-17,25H,6-7,9,11,13-14H2,1-5H3. The number of ketones is 2. The molecule has 0 amide bonds. The fraction of sp³-hybridized carbons (Fsp3) is 0.444. The van der Waals surface area contributed by atoms with Crippen LogP contribution < -0.4 is 0 Å². The molecule has 0 fully saturated rings. The smallest absolute Gasteiger partial charge is 0.334 e. The maximum atomic E-state index is 12.1. The van der Waals surface area contributed by atoms with E-state index in [2.05, 4.69) is 32.9 Å². The molecule has 0 saturated heterocycles. The van der Waals surface area contributed by atoms with E-state index in [9.17, 15) is 14.4 Å². The second-order valence-electron chi connectivity index (χ2n) is 8.73. The van der Waals surface area contributed by atoms with Crippen molar-refractivity contribution in [2.75, 3.05) is 0 Å². The summed E-state index contributed by atoms with van der Waals surface area (Å²) in [4.78, 5) is 35.7. The zero-order valence-corrected chi connectivity index (χ0v) is 19.4. The van der Waals surface area contributed by atoms with Gasteiger partial charge in [0.2, 0.25) is 0 Å². The molecule has 0 aromatic carbocycles. The Kier molecular flexibility index (Phi) is 9.17. The minimum atomic E-state index is -0.186. The van der Waals surface area contributed by atoms with Crippen LogP contribution in [0.3, 0.4) is 0 Å². The Labute approximate surface area is 186 Å². The lowest BCUT2D eigenvalue weighted by atomic mass is 9.94. The van der Waals surface area contributed by atoms with Gasteiger partial charge in [0.05, 0.1) is 0 Å². The molecule has 0 radical (unpaired) electrons. The summed E-state index contributed by atoms with van der Waals surface area (Å²) in [5.41, 5.74) is 5.49. The first-order valence-electron chi connectivity index (χ1n) is 11.0.